The van der Waals surface area contributed by atoms with Gasteiger partial charge in [-0.2, -0.15) is 0 Å². The van der Waals surface area contributed by atoms with E-state index in [9.17, 15) is 14.0 Å². The van der Waals surface area contributed by atoms with Gasteiger partial charge in [-0.1, -0.05) is 6.92 Å². The molecule has 116 valence electrons. The zero-order valence-corrected chi connectivity index (χ0v) is 13.4. The van der Waals surface area contributed by atoms with E-state index < -0.39 is 11.8 Å². The summed E-state index contributed by atoms with van der Waals surface area (Å²) in [5.74, 6) is -1.14. The van der Waals surface area contributed by atoms with Gasteiger partial charge in [0.25, 0.3) is 5.91 Å². The van der Waals surface area contributed by atoms with Gasteiger partial charge in [0.1, 0.15) is 11.6 Å². The molecule has 1 atom stereocenters. The summed E-state index contributed by atoms with van der Waals surface area (Å²) in [6.45, 7) is 3.08. The zero-order chi connectivity index (χ0) is 15.8. The molecular formula is C14H17BrFNO4. The minimum Gasteiger partial charge on any atom is -0.481 e. The number of hydrogen-bond acceptors (Lipinski definition) is 4. The van der Waals surface area contributed by atoms with Crippen LogP contribution in [0.1, 0.15) is 20.3 Å². The maximum atomic E-state index is 12.9. The van der Waals surface area contributed by atoms with Crippen LogP contribution >= 0.6 is 15.9 Å². The summed E-state index contributed by atoms with van der Waals surface area (Å²) in [6.07, 6.45) is 0.793. The Bertz CT molecular complexity index is 510. The smallest absolute Gasteiger partial charge is 0.344 e. The fraction of sp³-hybridized carbons (Fsp3) is 0.429. The first kappa shape index (κ1) is 17.4. The number of esters is 1. The van der Waals surface area contributed by atoms with E-state index >= 15 is 0 Å². The van der Waals surface area contributed by atoms with Crippen molar-refractivity contribution in [2.24, 2.45) is 0 Å². The first-order chi connectivity index (χ1) is 9.92. The molecule has 21 heavy (non-hydrogen) atoms. The minimum atomic E-state index is -0.675. The van der Waals surface area contributed by atoms with Crippen molar-refractivity contribution in [1.82, 2.24) is 5.32 Å². The molecule has 0 saturated heterocycles. The molecule has 1 rings (SSSR count). The Labute approximate surface area is 130 Å². The van der Waals surface area contributed by atoms with Crippen molar-refractivity contribution >= 4 is 27.8 Å². The molecule has 0 saturated carbocycles. The van der Waals surface area contributed by atoms with Crippen LogP contribution in [0.15, 0.2) is 22.7 Å². The number of carbonyl (C=O) groups is 2. The second-order valence-electron chi connectivity index (χ2n) is 4.40. The summed E-state index contributed by atoms with van der Waals surface area (Å²) < 4.78 is 23.2. The van der Waals surface area contributed by atoms with Crippen LogP contribution in [-0.2, 0) is 14.3 Å². The third-order valence-corrected chi connectivity index (χ3v) is 3.24. The van der Waals surface area contributed by atoms with Crippen molar-refractivity contribution in [1.29, 1.82) is 0 Å². The highest BCUT2D eigenvalue weighted by Crippen LogP contribution is 2.25. The fourth-order valence-electron chi connectivity index (χ4n) is 1.34. The van der Waals surface area contributed by atoms with E-state index in [1.54, 1.807) is 0 Å². The van der Waals surface area contributed by atoms with E-state index in [1.807, 2.05) is 13.8 Å². The van der Waals surface area contributed by atoms with Crippen LogP contribution in [0, 0.1) is 5.82 Å². The van der Waals surface area contributed by atoms with E-state index in [0.29, 0.717) is 10.2 Å². The lowest BCUT2D eigenvalue weighted by atomic mass is 10.2. The second-order valence-corrected chi connectivity index (χ2v) is 5.26. The van der Waals surface area contributed by atoms with Crippen LogP contribution in [0.25, 0.3) is 0 Å². The van der Waals surface area contributed by atoms with Crippen LogP contribution < -0.4 is 10.1 Å². The van der Waals surface area contributed by atoms with Gasteiger partial charge in [-0.15, -0.1) is 0 Å². The Hall–Kier alpha value is -1.63. The van der Waals surface area contributed by atoms with Gasteiger partial charge in [0.2, 0.25) is 0 Å². The average Bonchev–Trinajstić information content (AvgIpc) is 2.44. The van der Waals surface area contributed by atoms with Gasteiger partial charge in [0, 0.05) is 6.04 Å². The molecule has 0 heterocycles. The highest BCUT2D eigenvalue weighted by Gasteiger charge is 2.11. The van der Waals surface area contributed by atoms with Crippen LogP contribution in [0.4, 0.5) is 4.39 Å². The van der Waals surface area contributed by atoms with Crippen LogP contribution in [0.2, 0.25) is 0 Å². The lowest BCUT2D eigenvalue weighted by Gasteiger charge is -2.12. The zero-order valence-electron chi connectivity index (χ0n) is 11.8. The van der Waals surface area contributed by atoms with E-state index in [-0.39, 0.29) is 25.2 Å². The van der Waals surface area contributed by atoms with Gasteiger partial charge in [0.15, 0.2) is 13.2 Å². The quantitative estimate of drug-likeness (QED) is 0.757. The summed E-state index contributed by atoms with van der Waals surface area (Å²) in [6, 6.07) is 3.86. The van der Waals surface area contributed by atoms with Crippen molar-refractivity contribution in [3.05, 3.63) is 28.5 Å². The number of carbonyl (C=O) groups excluding carboxylic acids is 2. The van der Waals surface area contributed by atoms with Gasteiger partial charge in [0.05, 0.1) is 4.47 Å². The Balaban J connectivity index is 2.32. The minimum absolute atomic E-state index is 0.0302. The number of halogens is 2. The number of ether oxygens (including phenoxy) is 2. The van der Waals surface area contributed by atoms with Crippen LogP contribution in [-0.4, -0.2) is 31.1 Å². The Morgan fingerprint density at radius 2 is 2.10 bits per heavy atom. The van der Waals surface area contributed by atoms with Crippen molar-refractivity contribution in [2.45, 2.75) is 26.3 Å². The third-order valence-electron chi connectivity index (χ3n) is 2.62. The molecule has 0 aromatic heterocycles. The van der Waals surface area contributed by atoms with Gasteiger partial charge >= 0.3 is 5.97 Å². The summed E-state index contributed by atoms with van der Waals surface area (Å²) in [7, 11) is 0. The summed E-state index contributed by atoms with van der Waals surface area (Å²) in [4.78, 5) is 22.8. The molecule has 0 aliphatic heterocycles. The van der Waals surface area contributed by atoms with E-state index in [0.717, 1.165) is 6.42 Å². The van der Waals surface area contributed by atoms with Crippen molar-refractivity contribution in [3.8, 4) is 5.75 Å². The number of amides is 1. The standard InChI is InChI=1S/C14H17BrFNO4/c1-3-9(2)17-13(18)7-21-14(19)8-20-12-5-4-10(16)6-11(12)15/h4-6,9H,3,7-8H2,1-2H3,(H,17,18)/t9-/m1/s1. The maximum Gasteiger partial charge on any atom is 0.344 e. The SMILES string of the molecule is CC[C@@H](C)NC(=O)COC(=O)COc1ccc(F)cc1Br. The first-order valence-electron chi connectivity index (χ1n) is 6.45. The maximum absolute atomic E-state index is 12.9. The highest BCUT2D eigenvalue weighted by atomic mass is 79.9. The van der Waals surface area contributed by atoms with Crippen molar-refractivity contribution in [2.75, 3.05) is 13.2 Å². The van der Waals surface area contributed by atoms with Gasteiger partial charge < -0.3 is 14.8 Å². The lowest BCUT2D eigenvalue weighted by molar-refractivity contribution is -0.150. The number of rotatable bonds is 7. The average molecular weight is 362 g/mol. The molecule has 0 radical (unpaired) electrons. The third kappa shape index (κ3) is 6.57. The fourth-order valence-corrected chi connectivity index (χ4v) is 1.80. The van der Waals surface area contributed by atoms with Gasteiger partial charge in [-0.25, -0.2) is 9.18 Å². The lowest BCUT2D eigenvalue weighted by Crippen LogP contribution is -2.35. The summed E-state index contributed by atoms with van der Waals surface area (Å²) in [5.41, 5.74) is 0. The van der Waals surface area contributed by atoms with Gasteiger partial charge in [-0.05, 0) is 47.5 Å². The highest BCUT2D eigenvalue weighted by molar-refractivity contribution is 9.10. The number of hydrogen-bond donors (Lipinski definition) is 1. The summed E-state index contributed by atoms with van der Waals surface area (Å²) in [5, 5.41) is 2.67. The van der Waals surface area contributed by atoms with Crippen LogP contribution in [0.5, 0.6) is 5.75 Å². The normalized spacial score (nSPS) is 11.6. The van der Waals surface area contributed by atoms with E-state index in [1.165, 1.54) is 18.2 Å². The Kier molecular flexibility index (Phi) is 7.14. The first-order valence-corrected chi connectivity index (χ1v) is 7.24. The monoisotopic (exact) mass is 361 g/mol. The molecule has 0 aliphatic rings. The molecule has 0 bridgehead atoms. The predicted molar refractivity (Wildman–Crippen MR) is 78.4 cm³/mol. The topological polar surface area (TPSA) is 64.6 Å². The molecule has 1 N–H and O–H groups in total. The Morgan fingerprint density at radius 1 is 1.38 bits per heavy atom. The molecule has 1 aromatic carbocycles. The molecule has 0 fully saturated rings. The molecule has 0 aliphatic carbocycles. The van der Waals surface area contributed by atoms with E-state index in [4.69, 9.17) is 9.47 Å². The van der Waals surface area contributed by atoms with E-state index in [2.05, 4.69) is 21.2 Å². The van der Waals surface area contributed by atoms with Crippen molar-refractivity contribution < 1.29 is 23.5 Å². The van der Waals surface area contributed by atoms with Crippen LogP contribution in [0.3, 0.4) is 0 Å². The molecule has 0 unspecified atom stereocenters. The molecule has 0 spiro atoms. The second kappa shape index (κ2) is 8.61. The molecule has 7 heteroatoms. The molecule has 5 nitrogen and oxygen atoms in total. The molecule has 1 aromatic rings. The predicted octanol–water partition coefficient (Wildman–Crippen LogP) is 2.42. The largest absolute Gasteiger partial charge is 0.481 e. The number of nitrogens with one attached hydrogen (secondary N) is 1. The Morgan fingerprint density at radius 3 is 2.71 bits per heavy atom. The number of benzene rings is 1. The van der Waals surface area contributed by atoms with Crippen molar-refractivity contribution in [3.63, 3.8) is 0 Å². The summed E-state index contributed by atoms with van der Waals surface area (Å²) >= 11 is 3.11. The molecule has 1 amide bonds. The molecular weight excluding hydrogens is 345 g/mol. The van der Waals surface area contributed by atoms with Gasteiger partial charge in [-0.3, -0.25) is 4.79 Å².